The minimum atomic E-state index is -0.511. The maximum absolute atomic E-state index is 9.90. The first kappa shape index (κ1) is 9.05. The van der Waals surface area contributed by atoms with Crippen LogP contribution in [0.15, 0.2) is 12.2 Å². The van der Waals surface area contributed by atoms with Gasteiger partial charge in [0, 0.05) is 0 Å². The molecule has 0 fully saturated rings. The van der Waals surface area contributed by atoms with Gasteiger partial charge in [0.05, 0.1) is 10.6 Å². The van der Waals surface area contributed by atoms with Gasteiger partial charge in [0.2, 0.25) is 6.29 Å². The highest BCUT2D eigenvalue weighted by molar-refractivity contribution is 7.81. The van der Waals surface area contributed by atoms with Gasteiger partial charge in [-0.25, -0.2) is 0 Å². The highest BCUT2D eigenvalue weighted by atomic mass is 35.5. The lowest BCUT2D eigenvalue weighted by Gasteiger charge is -2.02. The molecule has 0 N–H and O–H groups in total. The van der Waals surface area contributed by atoms with Crippen LogP contribution in [-0.4, -0.2) is 16.9 Å². The van der Waals surface area contributed by atoms with Gasteiger partial charge in [-0.1, -0.05) is 12.2 Å². The Labute approximate surface area is 65.5 Å². The minimum Gasteiger partial charge on any atom is -0.290 e. The van der Waals surface area contributed by atoms with Gasteiger partial charge >= 0.3 is 0 Å². The summed E-state index contributed by atoms with van der Waals surface area (Å²) >= 11 is 9.46. The molecular weight excluding hydrogens is 156 g/mol. The molecule has 1 radical (unpaired) electrons. The molecule has 0 aromatic rings. The molecule has 0 spiro atoms. The number of carbonyl (C=O) groups excluding carboxylic acids is 1. The summed E-state index contributed by atoms with van der Waals surface area (Å²) < 4.78 is 0. The quantitative estimate of drug-likeness (QED) is 0.380. The van der Waals surface area contributed by atoms with Gasteiger partial charge in [-0.05, 0) is 6.92 Å². The van der Waals surface area contributed by atoms with E-state index >= 15 is 0 Å². The smallest absolute Gasteiger partial charge is 0.214 e. The molecule has 0 aromatic carbocycles. The third-order valence-corrected chi connectivity index (χ3v) is 1.80. The monoisotopic (exact) mass is 163 g/mol. The second-order valence-corrected chi connectivity index (χ2v) is 2.59. The summed E-state index contributed by atoms with van der Waals surface area (Å²) in [4.78, 5) is 9.90. The Morgan fingerprint density at radius 3 is 2.67 bits per heavy atom. The van der Waals surface area contributed by atoms with E-state index in [0.29, 0.717) is 0 Å². The topological polar surface area (TPSA) is 17.1 Å². The van der Waals surface area contributed by atoms with Crippen molar-refractivity contribution in [3.05, 3.63) is 12.2 Å². The molecule has 0 aliphatic rings. The Hall–Kier alpha value is 0.0500. The van der Waals surface area contributed by atoms with E-state index in [2.05, 4.69) is 12.6 Å². The fourth-order valence-corrected chi connectivity index (χ4v) is 0.650. The average molecular weight is 164 g/mol. The highest BCUT2D eigenvalue weighted by Gasteiger charge is 2.10. The third kappa shape index (κ3) is 3.60. The van der Waals surface area contributed by atoms with Gasteiger partial charge in [-0.2, -0.15) is 12.6 Å². The lowest BCUT2D eigenvalue weighted by molar-refractivity contribution is 0.553. The van der Waals surface area contributed by atoms with E-state index in [0.717, 1.165) is 0 Å². The molecule has 0 saturated carbocycles. The van der Waals surface area contributed by atoms with Crippen molar-refractivity contribution in [1.29, 1.82) is 0 Å². The van der Waals surface area contributed by atoms with Gasteiger partial charge in [0.15, 0.2) is 0 Å². The first-order valence-corrected chi connectivity index (χ1v) is 3.50. The Bertz CT molecular complexity index is 114. The molecule has 0 amide bonds. The number of allylic oxidation sites excluding steroid dienone is 2. The van der Waals surface area contributed by atoms with Crippen LogP contribution in [0.4, 0.5) is 0 Å². The van der Waals surface area contributed by atoms with Crippen molar-refractivity contribution in [2.45, 2.75) is 17.6 Å². The Balaban J connectivity index is 3.71. The minimum absolute atomic E-state index is 0.337. The zero-order valence-electron chi connectivity index (χ0n) is 5.04. The van der Waals surface area contributed by atoms with E-state index < -0.39 is 5.25 Å². The van der Waals surface area contributed by atoms with Crippen LogP contribution in [0.2, 0.25) is 0 Å². The summed E-state index contributed by atoms with van der Waals surface area (Å²) in [6.07, 6.45) is 5.16. The molecule has 51 valence electrons. The molecule has 0 heterocycles. The van der Waals surface area contributed by atoms with Crippen LogP contribution in [0.5, 0.6) is 0 Å². The van der Waals surface area contributed by atoms with Gasteiger partial charge in [0.25, 0.3) is 0 Å². The Morgan fingerprint density at radius 1 is 1.78 bits per heavy atom. The summed E-state index contributed by atoms with van der Waals surface area (Å²) in [7, 11) is 0. The number of halogens is 1. The van der Waals surface area contributed by atoms with E-state index in [4.69, 9.17) is 11.6 Å². The van der Waals surface area contributed by atoms with E-state index in [1.54, 1.807) is 18.4 Å². The van der Waals surface area contributed by atoms with E-state index in [1.165, 1.54) is 0 Å². The maximum Gasteiger partial charge on any atom is 0.214 e. The fourth-order valence-electron chi connectivity index (χ4n) is 0.354. The van der Waals surface area contributed by atoms with Crippen LogP contribution in [0.25, 0.3) is 0 Å². The van der Waals surface area contributed by atoms with Crippen LogP contribution in [0.1, 0.15) is 6.92 Å². The Morgan fingerprint density at radius 2 is 2.33 bits per heavy atom. The molecule has 0 aliphatic carbocycles. The van der Waals surface area contributed by atoms with Crippen molar-refractivity contribution in [1.82, 2.24) is 0 Å². The van der Waals surface area contributed by atoms with Crippen LogP contribution in [0, 0.1) is 0 Å². The van der Waals surface area contributed by atoms with E-state index in [9.17, 15) is 4.79 Å². The summed E-state index contributed by atoms with van der Waals surface area (Å²) in [5.41, 5.74) is 0. The van der Waals surface area contributed by atoms with Crippen molar-refractivity contribution < 1.29 is 4.79 Å². The second-order valence-electron chi connectivity index (χ2n) is 1.53. The largest absolute Gasteiger partial charge is 0.290 e. The normalized spacial score (nSPS) is 17.7. The molecule has 3 heteroatoms. The van der Waals surface area contributed by atoms with Crippen LogP contribution in [0.3, 0.4) is 0 Å². The van der Waals surface area contributed by atoms with Crippen LogP contribution < -0.4 is 0 Å². The maximum atomic E-state index is 9.90. The summed E-state index contributed by atoms with van der Waals surface area (Å²) in [6.45, 7) is 1.83. The molecule has 0 bridgehead atoms. The predicted molar refractivity (Wildman–Crippen MR) is 42.9 cm³/mol. The highest BCUT2D eigenvalue weighted by Crippen LogP contribution is 2.07. The standard InChI is InChI=1S/C6H8ClOS/c1-2-3-5(7)6(9)4-8/h2-3,5-6,9H,1H3/b3-2+. The predicted octanol–water partition coefficient (Wildman–Crippen LogP) is 1.58. The molecule has 0 aromatic heterocycles. The van der Waals surface area contributed by atoms with Gasteiger partial charge in [-0.15, -0.1) is 11.6 Å². The van der Waals surface area contributed by atoms with Crippen LogP contribution >= 0.6 is 24.2 Å². The van der Waals surface area contributed by atoms with Crippen molar-refractivity contribution in [2.75, 3.05) is 0 Å². The van der Waals surface area contributed by atoms with E-state index in [-0.39, 0.29) is 5.38 Å². The Kier molecular flexibility index (Phi) is 4.91. The zero-order chi connectivity index (χ0) is 7.28. The molecule has 1 nitrogen and oxygen atoms in total. The molecule has 0 aliphatic heterocycles. The lowest BCUT2D eigenvalue weighted by Crippen LogP contribution is -2.13. The summed E-state index contributed by atoms with van der Waals surface area (Å²) in [6, 6.07) is 0. The fraction of sp³-hybridized carbons (Fsp3) is 0.500. The first-order chi connectivity index (χ1) is 4.22. The third-order valence-electron chi connectivity index (χ3n) is 0.799. The average Bonchev–Trinajstić information content (AvgIpc) is 1.87. The van der Waals surface area contributed by atoms with Crippen molar-refractivity contribution in [3.8, 4) is 0 Å². The number of rotatable bonds is 3. The zero-order valence-corrected chi connectivity index (χ0v) is 6.69. The lowest BCUT2D eigenvalue weighted by atomic mass is 10.3. The second kappa shape index (κ2) is 4.89. The van der Waals surface area contributed by atoms with Gasteiger partial charge in [0.1, 0.15) is 0 Å². The molecule has 0 rings (SSSR count). The van der Waals surface area contributed by atoms with Crippen LogP contribution in [-0.2, 0) is 4.79 Å². The molecule has 2 unspecified atom stereocenters. The van der Waals surface area contributed by atoms with Gasteiger partial charge in [-0.3, -0.25) is 4.79 Å². The van der Waals surface area contributed by atoms with E-state index in [1.807, 2.05) is 6.92 Å². The summed E-state index contributed by atoms with van der Waals surface area (Å²) in [5.74, 6) is 0. The van der Waals surface area contributed by atoms with Crippen molar-refractivity contribution in [2.24, 2.45) is 0 Å². The molecular formula is C6H8ClOS. The van der Waals surface area contributed by atoms with Crippen molar-refractivity contribution >= 4 is 30.5 Å². The number of hydrogen-bond acceptors (Lipinski definition) is 2. The first-order valence-electron chi connectivity index (χ1n) is 2.55. The SMILES string of the molecule is C/C=C/C(Cl)C(S)[C]=O. The molecule has 9 heavy (non-hydrogen) atoms. The number of alkyl halides is 1. The molecule has 0 saturated heterocycles. The number of hydrogen-bond donors (Lipinski definition) is 1. The van der Waals surface area contributed by atoms with Gasteiger partial charge < -0.3 is 0 Å². The number of thiol groups is 1. The molecule has 2 atom stereocenters. The van der Waals surface area contributed by atoms with Crippen molar-refractivity contribution in [3.63, 3.8) is 0 Å². The summed E-state index contributed by atoms with van der Waals surface area (Å²) in [5, 5.41) is -0.848.